The molecule has 0 bridgehead atoms. The van der Waals surface area contributed by atoms with E-state index in [0.717, 1.165) is 58.4 Å². The van der Waals surface area contributed by atoms with Gasteiger partial charge in [0.1, 0.15) is 58.8 Å². The summed E-state index contributed by atoms with van der Waals surface area (Å²) in [5, 5.41) is 42.8. The smallest absolute Gasteiger partial charge is 0.323 e. The van der Waals surface area contributed by atoms with Gasteiger partial charge in [-0.3, -0.25) is 9.97 Å². The number of benzene rings is 4. The highest BCUT2D eigenvalue weighted by molar-refractivity contribution is 5.64. The highest BCUT2D eigenvalue weighted by Crippen LogP contribution is 2.48. The second-order valence-electron chi connectivity index (χ2n) is 14.9. The Morgan fingerprint density at radius 3 is 1.16 bits per heavy atom. The third kappa shape index (κ3) is 10.0. The van der Waals surface area contributed by atoms with Crippen LogP contribution in [0.1, 0.15) is 36.4 Å². The van der Waals surface area contributed by atoms with Gasteiger partial charge >= 0.3 is 11.8 Å². The minimum Gasteiger partial charge on any atom is -0.494 e. The van der Waals surface area contributed by atoms with E-state index in [2.05, 4.69) is 41.0 Å². The van der Waals surface area contributed by atoms with E-state index in [1.165, 1.54) is 24.5 Å². The molecule has 2 atom stereocenters. The molecular formula is C46H38F8N10O4. The van der Waals surface area contributed by atoms with E-state index in [1.54, 1.807) is 48.5 Å². The Kier molecular flexibility index (Phi) is 14.2. The lowest BCUT2D eigenvalue weighted by molar-refractivity contribution is -0.207. The highest BCUT2D eigenvalue weighted by atomic mass is 19.3. The summed E-state index contributed by atoms with van der Waals surface area (Å²) in [6, 6.07) is 22.8. The summed E-state index contributed by atoms with van der Waals surface area (Å²) >= 11 is 0. The van der Waals surface area contributed by atoms with Gasteiger partial charge in [0.25, 0.3) is 0 Å². The van der Waals surface area contributed by atoms with E-state index in [1.807, 2.05) is 13.8 Å². The molecule has 14 nitrogen and oxygen atoms in total. The number of aromatic nitrogens is 10. The van der Waals surface area contributed by atoms with Crippen molar-refractivity contribution in [3.8, 4) is 33.8 Å². The van der Waals surface area contributed by atoms with E-state index >= 15 is 17.6 Å². The molecule has 22 heteroatoms. The van der Waals surface area contributed by atoms with Gasteiger partial charge in [0.2, 0.25) is 0 Å². The zero-order chi connectivity index (χ0) is 48.7. The molecule has 0 saturated heterocycles. The maximum atomic E-state index is 15.8. The topological polar surface area (TPSA) is 172 Å². The van der Waals surface area contributed by atoms with Crippen molar-refractivity contribution in [3.63, 3.8) is 0 Å². The number of halogens is 8. The second kappa shape index (κ2) is 20.0. The molecule has 0 aliphatic rings. The molecule has 0 aliphatic heterocycles. The lowest BCUT2D eigenvalue weighted by Crippen LogP contribution is -2.48. The van der Waals surface area contributed by atoms with Gasteiger partial charge in [0, 0.05) is 46.8 Å². The van der Waals surface area contributed by atoms with Gasteiger partial charge in [0.05, 0.1) is 26.3 Å². The van der Waals surface area contributed by atoms with Gasteiger partial charge in [-0.15, -0.1) is 10.2 Å². The van der Waals surface area contributed by atoms with Crippen molar-refractivity contribution in [3.05, 3.63) is 180 Å². The van der Waals surface area contributed by atoms with Crippen molar-refractivity contribution >= 4 is 0 Å². The average Bonchev–Trinajstić information content (AvgIpc) is 4.05. The molecule has 4 aromatic heterocycles. The number of alkyl halides is 4. The Labute approximate surface area is 381 Å². The summed E-state index contributed by atoms with van der Waals surface area (Å²) in [5.74, 6) is -11.6. The van der Waals surface area contributed by atoms with E-state index in [4.69, 9.17) is 9.47 Å². The van der Waals surface area contributed by atoms with Crippen LogP contribution in [0.2, 0.25) is 0 Å². The van der Waals surface area contributed by atoms with Gasteiger partial charge in [-0.05, 0) is 106 Å². The van der Waals surface area contributed by atoms with Crippen LogP contribution >= 0.6 is 0 Å². The van der Waals surface area contributed by atoms with Crippen LogP contribution in [-0.4, -0.2) is 73.8 Å². The first-order valence-corrected chi connectivity index (χ1v) is 20.4. The van der Waals surface area contributed by atoms with Gasteiger partial charge in [-0.25, -0.2) is 26.9 Å². The summed E-state index contributed by atoms with van der Waals surface area (Å²) in [7, 11) is 0. The normalized spacial score (nSPS) is 13.5. The fourth-order valence-electron chi connectivity index (χ4n) is 7.08. The monoisotopic (exact) mass is 946 g/mol. The SMILES string of the molecule is CCOc1ccc(-c2ccc(C(F)(F)[C@@](O)(Cn3cnnn3)c3ccc(F)cc3F)nc2)cc1.CCOc1ccc(-c2ccc(C(F)(F)[C@](O)(Cn3cnnn3)c3ccc(F)cc3F)nc2)cc1. The van der Waals surface area contributed by atoms with Gasteiger partial charge in [-0.2, -0.15) is 17.6 Å². The number of hydrogen-bond acceptors (Lipinski definition) is 12. The number of pyridine rings is 2. The number of hydrogen-bond donors (Lipinski definition) is 2. The molecule has 68 heavy (non-hydrogen) atoms. The molecule has 0 radical (unpaired) electrons. The van der Waals surface area contributed by atoms with Crippen LogP contribution in [0.5, 0.6) is 11.5 Å². The lowest BCUT2D eigenvalue weighted by atomic mass is 9.84. The van der Waals surface area contributed by atoms with E-state index in [9.17, 15) is 27.8 Å². The Morgan fingerprint density at radius 2 is 0.868 bits per heavy atom. The third-order valence-corrected chi connectivity index (χ3v) is 10.5. The zero-order valence-electron chi connectivity index (χ0n) is 35.7. The second-order valence-corrected chi connectivity index (χ2v) is 14.9. The molecule has 8 rings (SSSR count). The fourth-order valence-corrected chi connectivity index (χ4v) is 7.08. The van der Waals surface area contributed by atoms with Crippen LogP contribution in [0.25, 0.3) is 22.3 Å². The molecule has 8 aromatic rings. The molecule has 0 amide bonds. The van der Waals surface area contributed by atoms with Crippen molar-refractivity contribution < 1.29 is 54.8 Å². The average molecular weight is 947 g/mol. The van der Waals surface area contributed by atoms with Gasteiger partial charge in [0.15, 0.2) is 11.2 Å². The maximum absolute atomic E-state index is 15.8. The minimum absolute atomic E-state index is 0.415. The predicted octanol–water partition coefficient (Wildman–Crippen LogP) is 8.18. The van der Waals surface area contributed by atoms with Crippen LogP contribution in [0.4, 0.5) is 35.1 Å². The maximum Gasteiger partial charge on any atom is 0.323 e. The number of ether oxygens (including phenoxy) is 2. The van der Waals surface area contributed by atoms with Crippen molar-refractivity contribution in [1.82, 2.24) is 50.4 Å². The fraction of sp³-hybridized carbons (Fsp3) is 0.217. The van der Waals surface area contributed by atoms with Crippen LogP contribution < -0.4 is 9.47 Å². The molecule has 0 fully saturated rings. The van der Waals surface area contributed by atoms with E-state index in [0.29, 0.717) is 59.1 Å². The van der Waals surface area contributed by atoms with Crippen LogP contribution in [0, 0.1) is 23.3 Å². The summed E-state index contributed by atoms with van der Waals surface area (Å²) in [5.41, 5.74) is -7.17. The summed E-state index contributed by atoms with van der Waals surface area (Å²) in [6.07, 6.45) is 4.42. The molecule has 0 spiro atoms. The zero-order valence-corrected chi connectivity index (χ0v) is 35.7. The summed E-state index contributed by atoms with van der Waals surface area (Å²) in [6.45, 7) is 2.89. The molecule has 0 saturated carbocycles. The Bertz CT molecular complexity index is 2700. The largest absolute Gasteiger partial charge is 0.494 e. The first-order valence-electron chi connectivity index (χ1n) is 20.4. The van der Waals surface area contributed by atoms with Crippen molar-refractivity contribution in [2.45, 2.75) is 50.0 Å². The predicted molar refractivity (Wildman–Crippen MR) is 226 cm³/mol. The third-order valence-electron chi connectivity index (χ3n) is 10.5. The van der Waals surface area contributed by atoms with Gasteiger partial charge in [-0.1, -0.05) is 36.4 Å². The van der Waals surface area contributed by atoms with E-state index in [-0.39, 0.29) is 0 Å². The number of rotatable bonds is 16. The molecule has 352 valence electrons. The van der Waals surface area contributed by atoms with Crippen LogP contribution in [-0.2, 0) is 36.1 Å². The summed E-state index contributed by atoms with van der Waals surface area (Å²) < 4.78 is 131. The minimum atomic E-state index is -4.12. The Hall–Kier alpha value is -7.72. The Morgan fingerprint density at radius 1 is 0.500 bits per heavy atom. The highest BCUT2D eigenvalue weighted by Gasteiger charge is 2.59. The molecule has 4 aromatic carbocycles. The van der Waals surface area contributed by atoms with E-state index < -0.39 is 81.9 Å². The molecule has 4 heterocycles. The van der Waals surface area contributed by atoms with Crippen molar-refractivity contribution in [2.24, 2.45) is 0 Å². The first-order chi connectivity index (χ1) is 32.5. The van der Waals surface area contributed by atoms with Crippen molar-refractivity contribution in [1.29, 1.82) is 0 Å². The number of aliphatic hydroxyl groups is 2. The number of nitrogens with zero attached hydrogens (tertiary/aromatic N) is 10. The number of tetrazole rings is 2. The molecule has 2 N–H and O–H groups in total. The molecule has 0 unspecified atom stereocenters. The molecular weight excluding hydrogens is 909 g/mol. The lowest BCUT2D eigenvalue weighted by Gasteiger charge is -2.35. The van der Waals surface area contributed by atoms with Crippen LogP contribution in [0.15, 0.2) is 134 Å². The van der Waals surface area contributed by atoms with Crippen LogP contribution in [0.3, 0.4) is 0 Å². The summed E-state index contributed by atoms with van der Waals surface area (Å²) in [4.78, 5) is 7.71. The van der Waals surface area contributed by atoms with Gasteiger partial charge < -0.3 is 19.7 Å². The quantitative estimate of drug-likeness (QED) is 0.0892. The van der Waals surface area contributed by atoms with Crippen molar-refractivity contribution in [2.75, 3.05) is 13.2 Å². The first kappa shape index (κ1) is 48.2. The standard InChI is InChI=1S/2C23H19F4N5O2/c2*1-2-34-18-7-3-15(4-8-18)16-5-10-21(28-12-16)23(26,27)22(33,13-32-14-29-30-31-32)19-9-6-17(24)11-20(19)25/h2*3-12,14,33H,2,13H2,1H3/t2*22-/m10/s1. The molecule has 0 aliphatic carbocycles. The Balaban J connectivity index is 0.000000201.